The molecule has 0 spiro atoms. The van der Waals surface area contributed by atoms with Gasteiger partial charge >= 0.3 is 0 Å². The van der Waals surface area contributed by atoms with Gasteiger partial charge in [0.05, 0.1) is 12.0 Å². The molecule has 0 unspecified atom stereocenters. The number of likely N-dealkylation sites (N-methyl/N-ethyl adjacent to an activating group) is 1. The normalized spacial score (nSPS) is 28.1. The predicted octanol–water partition coefficient (Wildman–Crippen LogP) is 2.41. The molecule has 5 rings (SSSR count). The zero-order valence-corrected chi connectivity index (χ0v) is 21.7. The molecule has 1 aliphatic carbocycles. The quantitative estimate of drug-likeness (QED) is 0.623. The first kappa shape index (κ1) is 25.2. The van der Waals surface area contributed by atoms with Crippen molar-refractivity contribution in [2.75, 3.05) is 50.8 Å². The highest BCUT2D eigenvalue weighted by atomic mass is 16.5. The van der Waals surface area contributed by atoms with E-state index < -0.39 is 17.9 Å². The first-order chi connectivity index (χ1) is 17.4. The number of likely N-dealkylation sites (tertiary alicyclic amines) is 1. The maximum Gasteiger partial charge on any atom is 0.249 e. The average molecular weight is 497 g/mol. The highest BCUT2D eigenvalue weighted by Crippen LogP contribution is 2.43. The van der Waals surface area contributed by atoms with E-state index in [4.69, 9.17) is 10.5 Å². The number of hydrogen-bond donors (Lipinski definition) is 1. The van der Waals surface area contributed by atoms with Crippen molar-refractivity contribution in [1.29, 1.82) is 0 Å². The minimum atomic E-state index is -0.506. The molecule has 1 aromatic rings. The van der Waals surface area contributed by atoms with E-state index >= 15 is 0 Å². The first-order valence-corrected chi connectivity index (χ1v) is 13.8. The topological polar surface area (TPSA) is 96.2 Å². The molecule has 2 N–H and O–H groups in total. The van der Waals surface area contributed by atoms with Crippen LogP contribution in [0.5, 0.6) is 0 Å². The van der Waals surface area contributed by atoms with Gasteiger partial charge in [-0.05, 0) is 55.5 Å². The summed E-state index contributed by atoms with van der Waals surface area (Å²) in [4.78, 5) is 46.3. The van der Waals surface area contributed by atoms with Crippen molar-refractivity contribution in [3.05, 3.63) is 29.3 Å². The van der Waals surface area contributed by atoms with E-state index in [1.807, 2.05) is 12.1 Å². The van der Waals surface area contributed by atoms with Crippen LogP contribution < -0.4 is 10.6 Å². The van der Waals surface area contributed by atoms with E-state index in [2.05, 4.69) is 23.6 Å². The Hall–Kier alpha value is -2.45. The summed E-state index contributed by atoms with van der Waals surface area (Å²) in [5.74, 6) is -0.731. The van der Waals surface area contributed by atoms with Crippen LogP contribution in [0.1, 0.15) is 67.8 Å². The summed E-state index contributed by atoms with van der Waals surface area (Å²) >= 11 is 0. The third-order valence-electron chi connectivity index (χ3n) is 9.06. The number of hydrogen-bond acceptors (Lipinski definition) is 6. The number of primary amides is 1. The maximum atomic E-state index is 14.4. The molecule has 4 aliphatic rings. The molecule has 8 nitrogen and oxygen atoms in total. The number of benzene rings is 1. The summed E-state index contributed by atoms with van der Waals surface area (Å²) in [5, 5.41) is 0. The Kier molecular flexibility index (Phi) is 7.35. The number of ketones is 1. The number of fused-ring (bicyclic) bond motifs is 1. The Bertz CT molecular complexity index is 999. The summed E-state index contributed by atoms with van der Waals surface area (Å²) in [6, 6.07) is 5.31. The van der Waals surface area contributed by atoms with Crippen molar-refractivity contribution in [3.63, 3.8) is 0 Å². The van der Waals surface area contributed by atoms with Gasteiger partial charge in [0.2, 0.25) is 11.8 Å². The molecular weight excluding hydrogens is 456 g/mol. The molecule has 8 heteroatoms. The van der Waals surface area contributed by atoms with Crippen LogP contribution in [-0.2, 0) is 14.3 Å². The monoisotopic (exact) mass is 496 g/mol. The highest BCUT2D eigenvalue weighted by molar-refractivity contribution is 5.99. The molecular formula is C28H40N4O4. The smallest absolute Gasteiger partial charge is 0.249 e. The van der Waals surface area contributed by atoms with Gasteiger partial charge in [-0.1, -0.05) is 26.7 Å². The van der Waals surface area contributed by atoms with Crippen LogP contribution in [0.4, 0.5) is 5.69 Å². The number of anilines is 1. The lowest BCUT2D eigenvalue weighted by Crippen LogP contribution is -2.46. The third-order valence-corrected chi connectivity index (χ3v) is 9.06. The third kappa shape index (κ3) is 4.54. The van der Waals surface area contributed by atoms with Gasteiger partial charge < -0.3 is 25.2 Å². The number of Topliss-reactive ketones (excluding diaryl/α,β-unsaturated/α-hetero) is 1. The number of rotatable bonds is 7. The molecule has 0 bridgehead atoms. The summed E-state index contributed by atoms with van der Waals surface area (Å²) in [5.41, 5.74) is 8.06. The van der Waals surface area contributed by atoms with E-state index in [1.165, 1.54) is 0 Å². The largest absolute Gasteiger partial charge is 0.369 e. The second-order valence-electron chi connectivity index (χ2n) is 10.9. The van der Waals surface area contributed by atoms with Crippen LogP contribution in [0, 0.1) is 11.8 Å². The second kappa shape index (κ2) is 10.5. The lowest BCUT2D eigenvalue weighted by Gasteiger charge is -2.36. The fourth-order valence-corrected chi connectivity index (χ4v) is 6.95. The molecule has 2 amide bonds. The molecule has 3 aliphatic heterocycles. The van der Waals surface area contributed by atoms with Crippen LogP contribution in [0.15, 0.2) is 18.2 Å². The van der Waals surface area contributed by atoms with Gasteiger partial charge in [0.15, 0.2) is 5.78 Å². The number of carbonyl (C=O) groups is 3. The van der Waals surface area contributed by atoms with Crippen LogP contribution in [0.3, 0.4) is 0 Å². The van der Waals surface area contributed by atoms with Gasteiger partial charge in [-0.25, -0.2) is 0 Å². The summed E-state index contributed by atoms with van der Waals surface area (Å²) < 4.78 is 5.83. The molecule has 36 heavy (non-hydrogen) atoms. The molecule has 1 saturated carbocycles. The van der Waals surface area contributed by atoms with Crippen molar-refractivity contribution < 1.29 is 19.1 Å². The SMILES string of the molecule is CC[C@@H]1CN(C(=O)[C@H](c2cc(N3CCN(CC)CC3)ccc2C(N)=O)C2CCCC2)[C@@H]2C(=O)CO[C@H]12. The minimum absolute atomic E-state index is 0.00728. The fraction of sp³-hybridized carbons (Fsp3) is 0.679. The first-order valence-electron chi connectivity index (χ1n) is 13.8. The molecule has 3 saturated heterocycles. The van der Waals surface area contributed by atoms with E-state index in [0.29, 0.717) is 12.1 Å². The molecule has 1 aromatic carbocycles. The number of nitrogens with zero attached hydrogens (tertiary/aromatic N) is 3. The predicted molar refractivity (Wildman–Crippen MR) is 138 cm³/mol. The lowest BCUT2D eigenvalue weighted by atomic mass is 9.80. The van der Waals surface area contributed by atoms with Gasteiger partial charge in [-0.3, -0.25) is 14.4 Å². The zero-order valence-electron chi connectivity index (χ0n) is 21.7. The Morgan fingerprint density at radius 3 is 2.47 bits per heavy atom. The lowest BCUT2D eigenvalue weighted by molar-refractivity contribution is -0.138. The van der Waals surface area contributed by atoms with Gasteiger partial charge in [-0.2, -0.15) is 0 Å². The van der Waals surface area contributed by atoms with Gasteiger partial charge in [0, 0.05) is 49.9 Å². The standard InChI is InChI=1S/C28H40N4O4/c1-3-18-16-32(25-23(33)17-36-26(18)25)28(35)24(19-7-5-6-8-19)22-15-20(9-10-21(22)27(29)34)31-13-11-30(4-2)12-14-31/h9-10,15,18-19,24-26H,3-8,11-14,16-17H2,1-2H3,(H2,29,34)/t18-,24+,25-,26-/m1/s1. The van der Waals surface area contributed by atoms with Crippen LogP contribution in [-0.4, -0.2) is 85.4 Å². The molecule has 0 radical (unpaired) electrons. The second-order valence-corrected chi connectivity index (χ2v) is 10.9. The van der Waals surface area contributed by atoms with E-state index in [1.54, 1.807) is 11.0 Å². The minimum Gasteiger partial charge on any atom is -0.369 e. The van der Waals surface area contributed by atoms with Gasteiger partial charge in [-0.15, -0.1) is 0 Å². The van der Waals surface area contributed by atoms with Crippen LogP contribution in [0.25, 0.3) is 0 Å². The molecule has 3 heterocycles. The van der Waals surface area contributed by atoms with Crippen LogP contribution >= 0.6 is 0 Å². The molecule has 0 aromatic heterocycles. The van der Waals surface area contributed by atoms with Crippen LogP contribution in [0.2, 0.25) is 0 Å². The number of amides is 2. The number of ether oxygens (including phenoxy) is 1. The van der Waals surface area contributed by atoms with Gasteiger partial charge in [0.25, 0.3) is 0 Å². The summed E-state index contributed by atoms with van der Waals surface area (Å²) in [7, 11) is 0. The highest BCUT2D eigenvalue weighted by Gasteiger charge is 2.53. The van der Waals surface area contributed by atoms with E-state index in [-0.39, 0.29) is 36.2 Å². The van der Waals surface area contributed by atoms with E-state index in [9.17, 15) is 14.4 Å². The average Bonchev–Trinajstić information content (AvgIpc) is 3.63. The molecule has 196 valence electrons. The van der Waals surface area contributed by atoms with Crippen molar-refractivity contribution >= 4 is 23.3 Å². The van der Waals surface area contributed by atoms with Gasteiger partial charge in [0.1, 0.15) is 12.6 Å². The number of nitrogens with two attached hydrogens (primary N) is 1. The molecule has 4 fully saturated rings. The molecule has 4 atom stereocenters. The van der Waals surface area contributed by atoms with Crippen molar-refractivity contribution in [3.8, 4) is 0 Å². The summed E-state index contributed by atoms with van der Waals surface area (Å²) in [6.07, 6.45) is 4.68. The Morgan fingerprint density at radius 1 is 1.11 bits per heavy atom. The fourth-order valence-electron chi connectivity index (χ4n) is 6.95. The van der Waals surface area contributed by atoms with Crippen molar-refractivity contribution in [1.82, 2.24) is 9.80 Å². The van der Waals surface area contributed by atoms with E-state index in [0.717, 1.165) is 76.1 Å². The Morgan fingerprint density at radius 2 is 1.83 bits per heavy atom. The number of carbonyl (C=O) groups excluding carboxylic acids is 3. The van der Waals surface area contributed by atoms with Crippen molar-refractivity contribution in [2.45, 2.75) is 64.0 Å². The number of piperazine rings is 1. The Balaban J connectivity index is 1.52. The summed E-state index contributed by atoms with van der Waals surface area (Å²) in [6.45, 7) is 9.72. The Labute approximate surface area is 214 Å². The maximum absolute atomic E-state index is 14.4. The zero-order chi connectivity index (χ0) is 25.4. The van der Waals surface area contributed by atoms with Crippen molar-refractivity contribution in [2.24, 2.45) is 17.6 Å².